The predicted octanol–water partition coefficient (Wildman–Crippen LogP) is 4.62. The zero-order valence-corrected chi connectivity index (χ0v) is 15.2. The second kappa shape index (κ2) is 7.34. The summed E-state index contributed by atoms with van der Waals surface area (Å²) in [7, 11) is 0. The van der Waals surface area contributed by atoms with Gasteiger partial charge < -0.3 is 10.1 Å². The maximum absolute atomic E-state index is 12.8. The predicted molar refractivity (Wildman–Crippen MR) is 91.6 cm³/mol. The molecule has 6 nitrogen and oxygen atoms in total. The molecule has 12 heteroatoms. The van der Waals surface area contributed by atoms with Gasteiger partial charge in [-0.3, -0.25) is 9.48 Å². The number of benzene rings is 1. The van der Waals surface area contributed by atoms with Crippen LogP contribution in [0.2, 0.25) is 0 Å². The van der Waals surface area contributed by atoms with Crippen molar-refractivity contribution in [2.45, 2.75) is 32.7 Å². The normalized spacial score (nSPS) is 13.1. The molecule has 3 rings (SSSR count). The highest BCUT2D eigenvalue weighted by atomic mass is 32.1. The molecule has 0 radical (unpaired) electrons. The van der Waals surface area contributed by atoms with Gasteiger partial charge in [0.2, 0.25) is 0 Å². The number of amides is 1. The molecule has 0 aliphatic heterocycles. The Kier molecular flexibility index (Phi) is 5.24. The van der Waals surface area contributed by atoms with Gasteiger partial charge in [-0.05, 0) is 38.1 Å². The molecule has 150 valence electrons. The van der Waals surface area contributed by atoms with E-state index >= 15 is 0 Å². The molecule has 2 heterocycles. The number of rotatable bonds is 5. The summed E-state index contributed by atoms with van der Waals surface area (Å²) in [6.07, 6.45) is -4.61. The summed E-state index contributed by atoms with van der Waals surface area (Å²) in [6, 6.07) is 3.95. The van der Waals surface area contributed by atoms with Crippen LogP contribution in [0.5, 0.6) is 5.75 Å². The summed E-state index contributed by atoms with van der Waals surface area (Å²) in [5.41, 5.74) is -0.464. The van der Waals surface area contributed by atoms with Crippen LogP contribution in [-0.4, -0.2) is 27.3 Å². The maximum atomic E-state index is 12.8. The molecular formula is C16H13F5N4O2S. The number of thiazole rings is 1. The first-order chi connectivity index (χ1) is 13.0. The fourth-order valence-electron chi connectivity index (χ4n) is 2.47. The number of carbonyl (C=O) groups excluding carboxylic acids is 1. The number of nitrogens with one attached hydrogen (secondary N) is 1. The lowest BCUT2D eigenvalue weighted by Crippen LogP contribution is -2.25. The number of ether oxygens (including phenoxy) is 1. The standard InChI is InChI=1S/C16H13F5N4O2S/c1-7-5-12(16(19,20)21)24-25(7)8(2)13(26)23-15-22-10-4-3-9(27-14(17)18)6-11(10)28-15/h3-6,8,14H,1-2H3,(H,22,23,26). The molecule has 0 aliphatic rings. The van der Waals surface area contributed by atoms with E-state index < -0.39 is 30.4 Å². The number of hydrogen-bond donors (Lipinski definition) is 1. The van der Waals surface area contributed by atoms with Crippen molar-refractivity contribution in [3.8, 4) is 5.75 Å². The first kappa shape index (κ1) is 20.0. The van der Waals surface area contributed by atoms with Gasteiger partial charge in [-0.25, -0.2) is 4.98 Å². The quantitative estimate of drug-likeness (QED) is 0.612. The lowest BCUT2D eigenvalue weighted by Gasteiger charge is -2.13. The molecule has 0 saturated carbocycles. The van der Waals surface area contributed by atoms with Gasteiger partial charge in [-0.1, -0.05) is 11.3 Å². The zero-order valence-electron chi connectivity index (χ0n) is 14.4. The molecule has 1 amide bonds. The van der Waals surface area contributed by atoms with Gasteiger partial charge in [0.1, 0.15) is 11.8 Å². The smallest absolute Gasteiger partial charge is 0.435 e. The molecule has 0 spiro atoms. The first-order valence-electron chi connectivity index (χ1n) is 7.84. The molecule has 1 unspecified atom stereocenters. The van der Waals surface area contributed by atoms with E-state index in [9.17, 15) is 26.7 Å². The van der Waals surface area contributed by atoms with Crippen LogP contribution in [0.1, 0.15) is 24.4 Å². The second-order valence-corrected chi connectivity index (χ2v) is 6.84. The summed E-state index contributed by atoms with van der Waals surface area (Å²) in [5, 5.41) is 6.12. The minimum Gasteiger partial charge on any atom is -0.435 e. The van der Waals surface area contributed by atoms with Gasteiger partial charge in [0.15, 0.2) is 10.8 Å². The van der Waals surface area contributed by atoms with Crippen molar-refractivity contribution in [1.29, 1.82) is 0 Å². The van der Waals surface area contributed by atoms with Crippen LogP contribution in [-0.2, 0) is 11.0 Å². The molecule has 1 atom stereocenters. The summed E-state index contributed by atoms with van der Waals surface area (Å²) < 4.78 is 68.7. The largest absolute Gasteiger partial charge is 0.435 e. The van der Waals surface area contributed by atoms with E-state index in [0.29, 0.717) is 10.2 Å². The Morgan fingerprint density at radius 1 is 1.29 bits per heavy atom. The highest BCUT2D eigenvalue weighted by Crippen LogP contribution is 2.31. The van der Waals surface area contributed by atoms with Crippen molar-refractivity contribution in [2.24, 2.45) is 0 Å². The van der Waals surface area contributed by atoms with E-state index in [-0.39, 0.29) is 16.6 Å². The minimum atomic E-state index is -4.61. The van der Waals surface area contributed by atoms with E-state index in [1.807, 2.05) is 0 Å². The highest BCUT2D eigenvalue weighted by molar-refractivity contribution is 7.22. The molecule has 0 fully saturated rings. The number of alkyl halides is 5. The monoisotopic (exact) mass is 420 g/mol. The minimum absolute atomic E-state index is 0.0516. The average molecular weight is 420 g/mol. The Hall–Kier alpha value is -2.76. The number of anilines is 1. The Bertz CT molecular complexity index is 1010. The third-order valence-electron chi connectivity index (χ3n) is 3.77. The Balaban J connectivity index is 1.78. The zero-order chi connectivity index (χ0) is 20.6. The van der Waals surface area contributed by atoms with Crippen LogP contribution in [0.4, 0.5) is 27.1 Å². The van der Waals surface area contributed by atoms with Gasteiger partial charge in [0, 0.05) is 5.69 Å². The van der Waals surface area contributed by atoms with Gasteiger partial charge in [-0.15, -0.1) is 0 Å². The van der Waals surface area contributed by atoms with Crippen molar-refractivity contribution >= 4 is 32.6 Å². The molecule has 1 aromatic carbocycles. The molecule has 0 aliphatic carbocycles. The van der Waals surface area contributed by atoms with Gasteiger partial charge in [0.25, 0.3) is 5.91 Å². The lowest BCUT2D eigenvalue weighted by molar-refractivity contribution is -0.141. The van der Waals surface area contributed by atoms with Crippen LogP contribution in [0.15, 0.2) is 24.3 Å². The molecular weight excluding hydrogens is 407 g/mol. The van der Waals surface area contributed by atoms with Crippen LogP contribution in [0, 0.1) is 6.92 Å². The van der Waals surface area contributed by atoms with Gasteiger partial charge >= 0.3 is 12.8 Å². The van der Waals surface area contributed by atoms with Crippen LogP contribution in [0.3, 0.4) is 0 Å². The molecule has 1 N–H and O–H groups in total. The number of fused-ring (bicyclic) bond motifs is 1. The van der Waals surface area contributed by atoms with E-state index in [1.165, 1.54) is 32.0 Å². The van der Waals surface area contributed by atoms with E-state index in [2.05, 4.69) is 20.1 Å². The molecule has 3 aromatic rings. The van der Waals surface area contributed by atoms with E-state index in [1.54, 1.807) is 0 Å². The number of hydrogen-bond acceptors (Lipinski definition) is 5. The highest BCUT2D eigenvalue weighted by Gasteiger charge is 2.35. The topological polar surface area (TPSA) is 69.0 Å². The molecule has 28 heavy (non-hydrogen) atoms. The fraction of sp³-hybridized carbons (Fsp3) is 0.312. The number of nitrogens with zero attached hydrogens (tertiary/aromatic N) is 3. The van der Waals surface area contributed by atoms with Crippen molar-refractivity contribution in [1.82, 2.24) is 14.8 Å². The van der Waals surface area contributed by atoms with Gasteiger partial charge in [0.05, 0.1) is 10.2 Å². The van der Waals surface area contributed by atoms with Crippen molar-refractivity contribution in [3.05, 3.63) is 35.7 Å². The molecule has 0 bridgehead atoms. The second-order valence-electron chi connectivity index (χ2n) is 5.81. The third-order valence-corrected chi connectivity index (χ3v) is 4.71. The third kappa shape index (κ3) is 4.21. The van der Waals surface area contributed by atoms with Crippen LogP contribution in [0.25, 0.3) is 10.2 Å². The van der Waals surface area contributed by atoms with Crippen molar-refractivity contribution in [2.75, 3.05) is 5.32 Å². The van der Waals surface area contributed by atoms with E-state index in [0.717, 1.165) is 22.1 Å². The number of carbonyl (C=O) groups is 1. The molecule has 0 saturated heterocycles. The Morgan fingerprint density at radius 2 is 2.00 bits per heavy atom. The van der Waals surface area contributed by atoms with E-state index in [4.69, 9.17) is 0 Å². The van der Waals surface area contributed by atoms with Gasteiger partial charge in [-0.2, -0.15) is 27.1 Å². The number of halogens is 5. The number of aryl methyl sites for hydroxylation is 1. The fourth-order valence-corrected chi connectivity index (χ4v) is 3.37. The first-order valence-corrected chi connectivity index (χ1v) is 8.66. The molecule has 2 aromatic heterocycles. The van der Waals surface area contributed by atoms with Crippen molar-refractivity contribution in [3.63, 3.8) is 0 Å². The lowest BCUT2D eigenvalue weighted by atomic mass is 10.3. The van der Waals surface area contributed by atoms with Crippen molar-refractivity contribution < 1.29 is 31.5 Å². The number of aromatic nitrogens is 3. The Morgan fingerprint density at radius 3 is 2.61 bits per heavy atom. The van der Waals surface area contributed by atoms with Crippen LogP contribution < -0.4 is 10.1 Å². The SMILES string of the molecule is Cc1cc(C(F)(F)F)nn1C(C)C(=O)Nc1nc2ccc(OC(F)F)cc2s1. The average Bonchev–Trinajstić information content (AvgIpc) is 3.15. The summed E-state index contributed by atoms with van der Waals surface area (Å²) in [4.78, 5) is 16.6. The Labute approximate surface area is 158 Å². The van der Waals surface area contributed by atoms with Crippen LogP contribution >= 0.6 is 11.3 Å². The summed E-state index contributed by atoms with van der Waals surface area (Å²) in [6.45, 7) is -0.157. The maximum Gasteiger partial charge on any atom is 0.435 e. The summed E-state index contributed by atoms with van der Waals surface area (Å²) >= 11 is 1.02. The summed E-state index contributed by atoms with van der Waals surface area (Å²) in [5.74, 6) is -0.674.